The third-order valence-electron chi connectivity index (χ3n) is 4.64. The molecule has 0 aliphatic rings. The maximum absolute atomic E-state index is 12.1. The number of aromatic nitrogens is 4. The maximum atomic E-state index is 12.1. The van der Waals surface area contributed by atoms with Gasteiger partial charge in [0.2, 0.25) is 10.0 Å². The van der Waals surface area contributed by atoms with Crippen LogP contribution in [0.2, 0.25) is 0 Å². The first kappa shape index (κ1) is 21.6. The molecule has 2 aromatic carbocycles. The first-order valence-corrected chi connectivity index (χ1v) is 10.7. The lowest BCUT2D eigenvalue weighted by atomic mass is 9.98. The summed E-state index contributed by atoms with van der Waals surface area (Å²) in [7, 11) is -4.01. The van der Waals surface area contributed by atoms with Crippen LogP contribution in [0.3, 0.4) is 0 Å². The Balaban J connectivity index is 1.95. The van der Waals surface area contributed by atoms with Crippen molar-refractivity contribution in [3.8, 4) is 22.5 Å². The number of primary sulfonamides is 1. The largest absolute Gasteiger partial charge is 0.480 e. The van der Waals surface area contributed by atoms with Crippen molar-refractivity contribution in [2.24, 2.45) is 11.1 Å². The SMILES string of the molecule is CC(C)[C@H](NCc1ccc(-c2cccc(S(N)(=O)=O)c2-c2nnn[nH]2)cc1)C(=O)O. The van der Waals surface area contributed by atoms with Crippen LogP contribution in [0.1, 0.15) is 19.4 Å². The Kier molecular flexibility index (Phi) is 6.25. The van der Waals surface area contributed by atoms with Gasteiger partial charge in [-0.3, -0.25) is 4.79 Å². The van der Waals surface area contributed by atoms with Crippen molar-refractivity contribution in [3.05, 3.63) is 48.0 Å². The lowest BCUT2D eigenvalue weighted by Gasteiger charge is -2.18. The predicted molar refractivity (Wildman–Crippen MR) is 110 cm³/mol. The molecule has 1 atom stereocenters. The van der Waals surface area contributed by atoms with Gasteiger partial charge in [0.15, 0.2) is 5.82 Å². The smallest absolute Gasteiger partial charge is 0.320 e. The van der Waals surface area contributed by atoms with Crippen molar-refractivity contribution < 1.29 is 18.3 Å². The molecule has 10 nitrogen and oxygen atoms in total. The van der Waals surface area contributed by atoms with Gasteiger partial charge in [-0.2, -0.15) is 0 Å². The lowest BCUT2D eigenvalue weighted by Crippen LogP contribution is -2.40. The van der Waals surface area contributed by atoms with Gasteiger partial charge in [0, 0.05) is 12.1 Å². The van der Waals surface area contributed by atoms with Crippen LogP contribution in [0, 0.1) is 5.92 Å². The van der Waals surface area contributed by atoms with Crippen molar-refractivity contribution in [3.63, 3.8) is 0 Å². The molecule has 11 heteroatoms. The number of carbonyl (C=O) groups is 1. The summed E-state index contributed by atoms with van der Waals surface area (Å²) >= 11 is 0. The van der Waals surface area contributed by atoms with E-state index in [4.69, 9.17) is 5.14 Å². The van der Waals surface area contributed by atoms with Crippen LogP contribution < -0.4 is 10.5 Å². The van der Waals surface area contributed by atoms with Crippen molar-refractivity contribution >= 4 is 16.0 Å². The highest BCUT2D eigenvalue weighted by Gasteiger charge is 2.22. The molecule has 0 amide bonds. The molecule has 3 aromatic rings. The number of rotatable bonds is 8. The molecule has 0 radical (unpaired) electrons. The van der Waals surface area contributed by atoms with E-state index in [0.29, 0.717) is 12.1 Å². The standard InChI is InChI=1S/C19H22N6O4S/c1-11(2)17(19(26)27)21-10-12-6-8-13(9-7-12)14-4-3-5-15(30(20,28)29)16(14)18-22-24-25-23-18/h3-9,11,17,21H,10H2,1-2H3,(H,26,27)(H2,20,28,29)(H,22,23,24,25)/t17-/m0/s1. The van der Waals surface area contributed by atoms with Crippen molar-refractivity contribution in [2.75, 3.05) is 0 Å². The zero-order valence-electron chi connectivity index (χ0n) is 16.4. The Morgan fingerprint density at radius 2 is 1.90 bits per heavy atom. The van der Waals surface area contributed by atoms with Crippen molar-refractivity contribution in [1.29, 1.82) is 0 Å². The van der Waals surface area contributed by atoms with Crippen LogP contribution in [0.25, 0.3) is 22.5 Å². The Bertz CT molecular complexity index is 1130. The summed E-state index contributed by atoms with van der Waals surface area (Å²) in [5.74, 6) is -0.769. The number of H-pyrrole nitrogens is 1. The molecule has 5 N–H and O–H groups in total. The van der Waals surface area contributed by atoms with E-state index in [1.165, 1.54) is 6.07 Å². The summed E-state index contributed by atoms with van der Waals surface area (Å²) < 4.78 is 24.2. The molecule has 1 aromatic heterocycles. The fourth-order valence-electron chi connectivity index (χ4n) is 3.16. The number of benzene rings is 2. The molecule has 158 valence electrons. The zero-order valence-corrected chi connectivity index (χ0v) is 17.2. The number of hydrogen-bond donors (Lipinski definition) is 4. The van der Waals surface area contributed by atoms with Crippen molar-refractivity contribution in [1.82, 2.24) is 25.9 Å². The number of carboxylic acids is 1. The van der Waals surface area contributed by atoms with Crippen LogP contribution in [0.5, 0.6) is 0 Å². The van der Waals surface area contributed by atoms with E-state index in [0.717, 1.165) is 11.1 Å². The Hall–Kier alpha value is -3.15. The quantitative estimate of drug-likeness (QED) is 0.416. The van der Waals surface area contributed by atoms with Gasteiger partial charge in [-0.15, -0.1) is 5.10 Å². The fourth-order valence-corrected chi connectivity index (χ4v) is 3.92. The van der Waals surface area contributed by atoms with Crippen molar-refractivity contribution in [2.45, 2.75) is 31.3 Å². The number of nitrogens with one attached hydrogen (secondary N) is 2. The molecule has 3 rings (SSSR count). The number of nitrogens with zero attached hydrogens (tertiary/aromatic N) is 3. The number of hydrogen-bond acceptors (Lipinski definition) is 7. The molecule has 0 saturated heterocycles. The first-order valence-electron chi connectivity index (χ1n) is 9.14. The summed E-state index contributed by atoms with van der Waals surface area (Å²) in [6.07, 6.45) is 0. The van der Waals surface area contributed by atoms with Gasteiger partial charge < -0.3 is 10.4 Å². The van der Waals surface area contributed by atoms with E-state index in [1.807, 2.05) is 38.1 Å². The third kappa shape index (κ3) is 4.70. The third-order valence-corrected chi connectivity index (χ3v) is 5.59. The zero-order chi connectivity index (χ0) is 21.9. The molecule has 0 fully saturated rings. The molecule has 0 aliphatic carbocycles. The normalized spacial score (nSPS) is 12.8. The topological polar surface area (TPSA) is 164 Å². The van der Waals surface area contributed by atoms with Crippen LogP contribution in [-0.4, -0.2) is 46.2 Å². The van der Waals surface area contributed by atoms with Gasteiger partial charge in [0.05, 0.1) is 4.90 Å². The number of carboxylic acid groups (broad SMARTS) is 1. The molecule has 0 saturated carbocycles. The predicted octanol–water partition coefficient (Wildman–Crippen LogP) is 1.38. The molecular weight excluding hydrogens is 408 g/mol. The molecule has 0 bridgehead atoms. The second kappa shape index (κ2) is 8.69. The minimum absolute atomic E-state index is 0.0548. The summed E-state index contributed by atoms with van der Waals surface area (Å²) in [5, 5.41) is 31.2. The minimum atomic E-state index is -4.01. The average Bonchev–Trinajstić information content (AvgIpc) is 3.21. The highest BCUT2D eigenvalue weighted by atomic mass is 32.2. The van der Waals surface area contributed by atoms with Gasteiger partial charge >= 0.3 is 5.97 Å². The molecular formula is C19H22N6O4S. The Morgan fingerprint density at radius 1 is 1.20 bits per heavy atom. The number of nitrogens with two attached hydrogens (primary N) is 1. The van der Waals surface area contributed by atoms with E-state index in [2.05, 4.69) is 25.9 Å². The number of tetrazole rings is 1. The average molecular weight is 430 g/mol. The number of sulfonamides is 1. The Morgan fingerprint density at radius 3 is 2.43 bits per heavy atom. The van der Waals surface area contributed by atoms with Crippen LogP contribution >= 0.6 is 0 Å². The van der Waals surface area contributed by atoms with E-state index in [9.17, 15) is 18.3 Å². The van der Waals surface area contributed by atoms with Crippen LogP contribution in [0.15, 0.2) is 47.4 Å². The minimum Gasteiger partial charge on any atom is -0.480 e. The van der Waals surface area contributed by atoms with Crippen LogP contribution in [0.4, 0.5) is 0 Å². The Labute approximate surface area is 173 Å². The monoisotopic (exact) mass is 430 g/mol. The molecule has 30 heavy (non-hydrogen) atoms. The second-order valence-corrected chi connectivity index (χ2v) is 8.64. The summed E-state index contributed by atoms with van der Waals surface area (Å²) in [4.78, 5) is 11.2. The van der Waals surface area contributed by atoms with Gasteiger partial charge in [-0.05, 0) is 39.1 Å². The van der Waals surface area contributed by atoms with E-state index < -0.39 is 22.0 Å². The van der Waals surface area contributed by atoms with Gasteiger partial charge in [-0.1, -0.05) is 50.2 Å². The number of aliphatic carboxylic acids is 1. The molecule has 0 aliphatic heterocycles. The van der Waals surface area contributed by atoms with Gasteiger partial charge in [0.25, 0.3) is 0 Å². The van der Waals surface area contributed by atoms with Gasteiger partial charge in [0.1, 0.15) is 6.04 Å². The maximum Gasteiger partial charge on any atom is 0.320 e. The summed E-state index contributed by atoms with van der Waals surface area (Å²) in [6.45, 7) is 4.06. The summed E-state index contributed by atoms with van der Waals surface area (Å²) in [6, 6.07) is 11.4. The molecule has 0 spiro atoms. The molecule has 0 unspecified atom stereocenters. The van der Waals surface area contributed by atoms with E-state index >= 15 is 0 Å². The van der Waals surface area contributed by atoms with E-state index in [1.54, 1.807) is 12.1 Å². The fraction of sp³-hybridized carbons (Fsp3) is 0.263. The molecule has 1 heterocycles. The number of aromatic amines is 1. The second-order valence-electron chi connectivity index (χ2n) is 7.11. The van der Waals surface area contributed by atoms with Crippen LogP contribution in [-0.2, 0) is 21.4 Å². The van der Waals surface area contributed by atoms with Gasteiger partial charge in [-0.25, -0.2) is 18.7 Å². The first-order chi connectivity index (χ1) is 14.2. The van der Waals surface area contributed by atoms with E-state index in [-0.39, 0.29) is 22.2 Å². The highest BCUT2D eigenvalue weighted by Crippen LogP contribution is 2.34. The lowest BCUT2D eigenvalue weighted by molar-refractivity contribution is -0.140. The highest BCUT2D eigenvalue weighted by molar-refractivity contribution is 7.89. The summed E-state index contributed by atoms with van der Waals surface area (Å²) in [5.41, 5.74) is 2.48.